The summed E-state index contributed by atoms with van der Waals surface area (Å²) in [5.74, 6) is -0.769. The third-order valence-corrected chi connectivity index (χ3v) is 4.39. The summed E-state index contributed by atoms with van der Waals surface area (Å²) in [5.41, 5.74) is 2.74. The Morgan fingerprint density at radius 2 is 1.85 bits per heavy atom. The number of carbonyl (C=O) groups is 1. The van der Waals surface area contributed by atoms with Gasteiger partial charge in [-0.3, -0.25) is 4.98 Å². The first kappa shape index (κ1) is 17.0. The largest absolute Gasteiger partial charge is 0.456 e. The number of hydrogen-bond donors (Lipinski definition) is 0. The van der Waals surface area contributed by atoms with E-state index in [4.69, 9.17) is 4.74 Å². The van der Waals surface area contributed by atoms with Gasteiger partial charge in [-0.15, -0.1) is 0 Å². The van der Waals surface area contributed by atoms with Crippen molar-refractivity contribution in [3.8, 4) is 0 Å². The van der Waals surface area contributed by atoms with Gasteiger partial charge in [0.2, 0.25) is 0 Å². The fourth-order valence-electron chi connectivity index (χ4n) is 3.05. The van der Waals surface area contributed by atoms with E-state index in [2.05, 4.69) is 4.98 Å². The first-order valence-corrected chi connectivity index (χ1v) is 8.60. The number of pyridine rings is 1. The number of nitrogens with zero attached hydrogens (tertiary/aromatic N) is 2. The number of rotatable bonds is 5. The molecule has 0 N–H and O–H groups in total. The third kappa shape index (κ3) is 3.58. The van der Waals surface area contributed by atoms with Gasteiger partial charge in [-0.1, -0.05) is 36.4 Å². The molecule has 0 radical (unpaired) electrons. The number of aromatic nitrogens is 2. The zero-order chi connectivity index (χ0) is 18.6. The molecule has 27 heavy (non-hydrogen) atoms. The summed E-state index contributed by atoms with van der Waals surface area (Å²) in [6.07, 6.45) is 3.44. The van der Waals surface area contributed by atoms with Crippen molar-refractivity contribution in [3.63, 3.8) is 0 Å². The molecular weight excluding hydrogens is 343 g/mol. The molecule has 0 spiro atoms. The maximum absolute atomic E-state index is 13.9. The highest BCUT2D eigenvalue weighted by molar-refractivity contribution is 5.88. The van der Waals surface area contributed by atoms with Crippen LogP contribution in [0.2, 0.25) is 0 Å². The molecule has 0 saturated heterocycles. The van der Waals surface area contributed by atoms with Crippen molar-refractivity contribution >= 4 is 16.9 Å². The Morgan fingerprint density at radius 3 is 2.70 bits per heavy atom. The van der Waals surface area contributed by atoms with E-state index in [1.54, 1.807) is 30.5 Å². The fraction of sp³-hybridized carbons (Fsp3) is 0.0909. The topological polar surface area (TPSA) is 44.1 Å². The van der Waals surface area contributed by atoms with Crippen LogP contribution in [0.4, 0.5) is 4.39 Å². The first-order valence-electron chi connectivity index (χ1n) is 8.60. The average molecular weight is 360 g/mol. The molecule has 2 heterocycles. The van der Waals surface area contributed by atoms with Crippen LogP contribution in [0.3, 0.4) is 0 Å². The highest BCUT2D eigenvalue weighted by Gasteiger charge is 2.14. The van der Waals surface area contributed by atoms with Gasteiger partial charge in [0.05, 0.1) is 5.52 Å². The Bertz CT molecular complexity index is 1090. The smallest absolute Gasteiger partial charge is 0.355 e. The molecular formula is C22H17FN2O2. The first-order chi connectivity index (χ1) is 13.2. The van der Waals surface area contributed by atoms with Crippen LogP contribution in [0, 0.1) is 5.82 Å². The summed E-state index contributed by atoms with van der Waals surface area (Å²) in [4.78, 5) is 16.8. The lowest BCUT2D eigenvalue weighted by molar-refractivity contribution is 0.0462. The van der Waals surface area contributed by atoms with Crippen LogP contribution >= 0.6 is 0 Å². The molecule has 0 aliphatic rings. The van der Waals surface area contributed by atoms with Crippen molar-refractivity contribution in [2.75, 3.05) is 0 Å². The van der Waals surface area contributed by atoms with Gasteiger partial charge in [-0.05, 0) is 35.9 Å². The number of halogens is 1. The number of ether oxygens (including phenoxy) is 1. The van der Waals surface area contributed by atoms with Crippen molar-refractivity contribution in [3.05, 3.63) is 102 Å². The Labute approximate surface area is 155 Å². The molecule has 2 aromatic carbocycles. The summed E-state index contributed by atoms with van der Waals surface area (Å²) in [6, 6.07) is 19.7. The zero-order valence-electron chi connectivity index (χ0n) is 14.5. The van der Waals surface area contributed by atoms with Crippen molar-refractivity contribution in [2.24, 2.45) is 0 Å². The van der Waals surface area contributed by atoms with E-state index < -0.39 is 5.97 Å². The van der Waals surface area contributed by atoms with Crippen LogP contribution < -0.4 is 0 Å². The van der Waals surface area contributed by atoms with Crippen LogP contribution in [-0.2, 0) is 17.9 Å². The molecule has 0 saturated carbocycles. The summed E-state index contributed by atoms with van der Waals surface area (Å²) < 4.78 is 21.2. The lowest BCUT2D eigenvalue weighted by Crippen LogP contribution is -2.12. The number of hydrogen-bond acceptors (Lipinski definition) is 3. The SMILES string of the molecule is O=C(OCc1ccc(F)c2cccnc12)c1cccn1Cc1ccccc1. The second kappa shape index (κ2) is 7.41. The molecule has 4 aromatic rings. The number of benzene rings is 2. The second-order valence-corrected chi connectivity index (χ2v) is 6.19. The lowest BCUT2D eigenvalue weighted by atomic mass is 10.1. The summed E-state index contributed by atoms with van der Waals surface area (Å²) in [7, 11) is 0. The van der Waals surface area contributed by atoms with E-state index in [0.717, 1.165) is 5.56 Å². The molecule has 0 amide bonds. The predicted molar refractivity (Wildman–Crippen MR) is 101 cm³/mol. The Balaban J connectivity index is 1.51. The van der Waals surface area contributed by atoms with E-state index in [0.29, 0.717) is 28.7 Å². The second-order valence-electron chi connectivity index (χ2n) is 6.19. The molecule has 0 atom stereocenters. The monoisotopic (exact) mass is 360 g/mol. The molecule has 0 aliphatic carbocycles. The quantitative estimate of drug-likeness (QED) is 0.489. The number of carbonyl (C=O) groups excluding carboxylic acids is 1. The van der Waals surface area contributed by atoms with Gasteiger partial charge in [0.15, 0.2) is 0 Å². The van der Waals surface area contributed by atoms with Gasteiger partial charge in [0.25, 0.3) is 0 Å². The predicted octanol–water partition coefficient (Wildman–Crippen LogP) is 4.58. The summed E-state index contributed by atoms with van der Waals surface area (Å²) >= 11 is 0. The Kier molecular flexibility index (Phi) is 4.66. The van der Waals surface area contributed by atoms with E-state index in [1.807, 2.05) is 47.2 Å². The van der Waals surface area contributed by atoms with E-state index in [-0.39, 0.29) is 12.4 Å². The molecule has 5 heteroatoms. The summed E-state index contributed by atoms with van der Waals surface area (Å²) in [5, 5.41) is 0.415. The molecule has 2 aromatic heterocycles. The molecule has 0 unspecified atom stereocenters. The lowest BCUT2D eigenvalue weighted by Gasteiger charge is -2.11. The average Bonchev–Trinajstić information content (AvgIpc) is 3.16. The van der Waals surface area contributed by atoms with Crippen LogP contribution in [-0.4, -0.2) is 15.5 Å². The van der Waals surface area contributed by atoms with Crippen LogP contribution in [0.5, 0.6) is 0 Å². The molecule has 0 fully saturated rings. The minimum atomic E-state index is -0.427. The van der Waals surface area contributed by atoms with E-state index in [9.17, 15) is 9.18 Å². The highest BCUT2D eigenvalue weighted by atomic mass is 19.1. The fourth-order valence-corrected chi connectivity index (χ4v) is 3.05. The van der Waals surface area contributed by atoms with Gasteiger partial charge < -0.3 is 9.30 Å². The standard InChI is InChI=1S/C22H17FN2O2/c23-19-11-10-17(21-18(19)8-4-12-24-21)15-27-22(26)20-9-5-13-25(20)14-16-6-2-1-3-7-16/h1-13H,14-15H2. The Morgan fingerprint density at radius 1 is 1.00 bits per heavy atom. The van der Waals surface area contributed by atoms with Gasteiger partial charge in [-0.2, -0.15) is 0 Å². The van der Waals surface area contributed by atoms with Crippen LogP contribution in [0.15, 0.2) is 79.1 Å². The summed E-state index contributed by atoms with van der Waals surface area (Å²) in [6.45, 7) is 0.614. The van der Waals surface area contributed by atoms with Crippen molar-refractivity contribution in [1.82, 2.24) is 9.55 Å². The zero-order valence-corrected chi connectivity index (χ0v) is 14.5. The minimum Gasteiger partial charge on any atom is -0.456 e. The van der Waals surface area contributed by atoms with Gasteiger partial charge in [0, 0.05) is 29.9 Å². The van der Waals surface area contributed by atoms with Gasteiger partial charge >= 0.3 is 5.97 Å². The van der Waals surface area contributed by atoms with Crippen LogP contribution in [0.25, 0.3) is 10.9 Å². The van der Waals surface area contributed by atoms with E-state index in [1.165, 1.54) is 6.07 Å². The van der Waals surface area contributed by atoms with E-state index >= 15 is 0 Å². The van der Waals surface area contributed by atoms with Gasteiger partial charge in [-0.25, -0.2) is 9.18 Å². The third-order valence-electron chi connectivity index (χ3n) is 4.39. The molecule has 134 valence electrons. The van der Waals surface area contributed by atoms with Crippen molar-refractivity contribution in [1.29, 1.82) is 0 Å². The molecule has 0 aliphatic heterocycles. The molecule has 4 nitrogen and oxygen atoms in total. The molecule has 0 bridgehead atoms. The molecule has 4 rings (SSSR count). The van der Waals surface area contributed by atoms with Crippen LogP contribution in [0.1, 0.15) is 21.6 Å². The maximum atomic E-state index is 13.9. The highest BCUT2D eigenvalue weighted by Crippen LogP contribution is 2.21. The maximum Gasteiger partial charge on any atom is 0.355 e. The number of esters is 1. The normalized spacial score (nSPS) is 10.9. The minimum absolute atomic E-state index is 0.0309. The van der Waals surface area contributed by atoms with Gasteiger partial charge in [0.1, 0.15) is 18.1 Å². The Hall–Kier alpha value is -3.47. The van der Waals surface area contributed by atoms with Crippen molar-refractivity contribution in [2.45, 2.75) is 13.2 Å². The number of fused-ring (bicyclic) bond motifs is 1. The van der Waals surface area contributed by atoms with Crippen molar-refractivity contribution < 1.29 is 13.9 Å².